The Morgan fingerprint density at radius 1 is 0.900 bits per heavy atom. The van der Waals surface area contributed by atoms with E-state index in [1.807, 2.05) is 24.3 Å². The van der Waals surface area contributed by atoms with Gasteiger partial charge < -0.3 is 9.47 Å². The maximum absolute atomic E-state index is 11.8. The summed E-state index contributed by atoms with van der Waals surface area (Å²) in [4.78, 5) is 11.8. The minimum Gasteiger partial charge on any atom is -0.435 e. The molecular weight excluding hydrogens is 252 g/mol. The second-order valence-corrected chi connectivity index (χ2v) is 4.60. The maximum atomic E-state index is 11.8. The van der Waals surface area contributed by atoms with Crippen molar-refractivity contribution in [1.29, 1.82) is 0 Å². The highest BCUT2D eigenvalue weighted by molar-refractivity contribution is 6.01. The van der Waals surface area contributed by atoms with Crippen molar-refractivity contribution in [3.63, 3.8) is 0 Å². The Morgan fingerprint density at radius 3 is 2.25 bits per heavy atom. The van der Waals surface area contributed by atoms with Crippen LogP contribution in [0.15, 0.2) is 54.6 Å². The lowest BCUT2D eigenvalue weighted by molar-refractivity contribution is -0.0124. The van der Waals surface area contributed by atoms with Crippen molar-refractivity contribution in [2.45, 2.75) is 0 Å². The summed E-state index contributed by atoms with van der Waals surface area (Å²) in [5, 5.41) is 4.47. The highest BCUT2D eigenvalue weighted by atomic mass is 16.7. The van der Waals surface area contributed by atoms with Crippen LogP contribution < -0.4 is 0 Å². The number of hydrogen-bond donors (Lipinski definition) is 0. The summed E-state index contributed by atoms with van der Waals surface area (Å²) in [6, 6.07) is 17.9. The highest BCUT2D eigenvalue weighted by Gasteiger charge is 2.08. The Balaban J connectivity index is 2.06. The molecule has 0 aliphatic carbocycles. The normalized spacial score (nSPS) is 10.8. The molecule has 0 radical (unpaired) electrons. The monoisotopic (exact) mass is 266 g/mol. The lowest BCUT2D eigenvalue weighted by Gasteiger charge is -2.06. The van der Waals surface area contributed by atoms with E-state index in [1.165, 1.54) is 12.5 Å². The van der Waals surface area contributed by atoms with Gasteiger partial charge in [-0.05, 0) is 45.8 Å². The van der Waals surface area contributed by atoms with Crippen LogP contribution in [-0.2, 0) is 9.47 Å². The van der Waals surface area contributed by atoms with Gasteiger partial charge in [0.1, 0.15) is 0 Å². The number of benzene rings is 3. The smallest absolute Gasteiger partial charge is 0.340 e. The zero-order valence-electron chi connectivity index (χ0n) is 11.1. The zero-order valence-corrected chi connectivity index (χ0v) is 11.1. The third kappa shape index (κ3) is 2.36. The predicted octanol–water partition coefficient (Wildman–Crippen LogP) is 3.75. The van der Waals surface area contributed by atoms with E-state index in [0.717, 1.165) is 16.2 Å². The molecule has 0 fully saturated rings. The SMILES string of the molecule is COCOC(=O)c1ccc2cc3ccccc3cc2c1. The highest BCUT2D eigenvalue weighted by Crippen LogP contribution is 2.23. The summed E-state index contributed by atoms with van der Waals surface area (Å²) in [5.74, 6) is -0.373. The van der Waals surface area contributed by atoms with Gasteiger partial charge in [-0.25, -0.2) is 4.79 Å². The molecule has 0 spiro atoms. The number of fused-ring (bicyclic) bond motifs is 2. The molecule has 0 N–H and O–H groups in total. The van der Waals surface area contributed by atoms with Crippen LogP contribution in [0.1, 0.15) is 10.4 Å². The first-order valence-corrected chi connectivity index (χ1v) is 6.36. The van der Waals surface area contributed by atoms with Crippen molar-refractivity contribution in [3.8, 4) is 0 Å². The Morgan fingerprint density at radius 2 is 1.55 bits per heavy atom. The van der Waals surface area contributed by atoms with E-state index in [1.54, 1.807) is 6.07 Å². The number of carbonyl (C=O) groups excluding carboxylic acids is 1. The molecule has 0 amide bonds. The van der Waals surface area contributed by atoms with Crippen LogP contribution in [0.25, 0.3) is 21.5 Å². The maximum Gasteiger partial charge on any atom is 0.340 e. The summed E-state index contributed by atoms with van der Waals surface area (Å²) in [6.45, 7) is -0.0331. The van der Waals surface area contributed by atoms with Crippen molar-refractivity contribution in [3.05, 3.63) is 60.2 Å². The topological polar surface area (TPSA) is 35.5 Å². The second kappa shape index (κ2) is 5.31. The van der Waals surface area contributed by atoms with Gasteiger partial charge >= 0.3 is 5.97 Å². The van der Waals surface area contributed by atoms with Gasteiger partial charge in [-0.15, -0.1) is 0 Å². The van der Waals surface area contributed by atoms with Crippen molar-refractivity contribution < 1.29 is 14.3 Å². The third-order valence-electron chi connectivity index (χ3n) is 3.25. The third-order valence-corrected chi connectivity index (χ3v) is 3.25. The molecule has 0 aliphatic rings. The fourth-order valence-electron chi connectivity index (χ4n) is 2.26. The fraction of sp³-hybridized carbons (Fsp3) is 0.118. The summed E-state index contributed by atoms with van der Waals surface area (Å²) < 4.78 is 9.69. The van der Waals surface area contributed by atoms with Crippen LogP contribution in [0.3, 0.4) is 0 Å². The minimum atomic E-state index is -0.373. The van der Waals surface area contributed by atoms with Crippen LogP contribution in [-0.4, -0.2) is 19.9 Å². The molecule has 0 saturated carbocycles. The van der Waals surface area contributed by atoms with E-state index < -0.39 is 0 Å². The molecule has 3 rings (SSSR count). The van der Waals surface area contributed by atoms with Crippen LogP contribution >= 0.6 is 0 Å². The summed E-state index contributed by atoms with van der Waals surface area (Å²) >= 11 is 0. The zero-order chi connectivity index (χ0) is 13.9. The Hall–Kier alpha value is -2.39. The Labute approximate surface area is 116 Å². The van der Waals surface area contributed by atoms with Gasteiger partial charge in [0, 0.05) is 7.11 Å². The van der Waals surface area contributed by atoms with Crippen LogP contribution in [0.5, 0.6) is 0 Å². The van der Waals surface area contributed by atoms with Gasteiger partial charge in [-0.3, -0.25) is 0 Å². The lowest BCUT2D eigenvalue weighted by Crippen LogP contribution is -2.07. The Bertz CT molecular complexity index is 777. The molecule has 0 saturated heterocycles. The minimum absolute atomic E-state index is 0.0331. The molecule has 100 valence electrons. The second-order valence-electron chi connectivity index (χ2n) is 4.60. The summed E-state index contributed by atoms with van der Waals surface area (Å²) in [6.07, 6.45) is 0. The predicted molar refractivity (Wildman–Crippen MR) is 78.7 cm³/mol. The lowest BCUT2D eigenvalue weighted by atomic mass is 10.0. The van der Waals surface area contributed by atoms with Gasteiger partial charge in [0.15, 0.2) is 6.79 Å². The number of rotatable bonds is 3. The molecule has 0 aromatic heterocycles. The molecule has 0 unspecified atom stereocenters. The van der Waals surface area contributed by atoms with Crippen molar-refractivity contribution in [2.75, 3.05) is 13.9 Å². The molecule has 0 heterocycles. The molecular formula is C17H14O3. The van der Waals surface area contributed by atoms with Crippen molar-refractivity contribution in [2.24, 2.45) is 0 Å². The molecule has 20 heavy (non-hydrogen) atoms. The number of methoxy groups -OCH3 is 1. The molecule has 3 heteroatoms. The first kappa shape index (κ1) is 12.6. The quantitative estimate of drug-likeness (QED) is 0.411. The average Bonchev–Trinajstić information content (AvgIpc) is 2.50. The average molecular weight is 266 g/mol. The molecule has 3 aromatic carbocycles. The Kier molecular flexibility index (Phi) is 3.35. The number of esters is 1. The van der Waals surface area contributed by atoms with Crippen LogP contribution in [0, 0.1) is 0 Å². The van der Waals surface area contributed by atoms with Gasteiger partial charge in [0.05, 0.1) is 5.56 Å². The number of ether oxygens (including phenoxy) is 2. The van der Waals surface area contributed by atoms with Gasteiger partial charge in [-0.1, -0.05) is 30.3 Å². The van der Waals surface area contributed by atoms with E-state index in [2.05, 4.69) is 24.3 Å². The van der Waals surface area contributed by atoms with E-state index in [-0.39, 0.29) is 12.8 Å². The van der Waals surface area contributed by atoms with Gasteiger partial charge in [-0.2, -0.15) is 0 Å². The van der Waals surface area contributed by atoms with Crippen LogP contribution in [0.2, 0.25) is 0 Å². The molecule has 0 aliphatic heterocycles. The number of carbonyl (C=O) groups is 1. The van der Waals surface area contributed by atoms with E-state index in [0.29, 0.717) is 5.56 Å². The van der Waals surface area contributed by atoms with Crippen molar-refractivity contribution >= 4 is 27.5 Å². The van der Waals surface area contributed by atoms with Gasteiger partial charge in [0.2, 0.25) is 0 Å². The first-order chi connectivity index (χ1) is 9.78. The van der Waals surface area contributed by atoms with Gasteiger partial charge in [0.25, 0.3) is 0 Å². The fourth-order valence-corrected chi connectivity index (χ4v) is 2.26. The number of hydrogen-bond acceptors (Lipinski definition) is 3. The standard InChI is InChI=1S/C17H14O3/c1-19-11-20-17(18)15-7-6-14-8-12-4-2-3-5-13(12)9-16(14)10-15/h2-10H,11H2,1H3. The summed E-state index contributed by atoms with van der Waals surface area (Å²) in [7, 11) is 1.49. The molecule has 3 nitrogen and oxygen atoms in total. The molecule has 0 atom stereocenters. The van der Waals surface area contributed by atoms with E-state index >= 15 is 0 Å². The van der Waals surface area contributed by atoms with E-state index in [4.69, 9.17) is 9.47 Å². The molecule has 0 bridgehead atoms. The van der Waals surface area contributed by atoms with Crippen molar-refractivity contribution in [1.82, 2.24) is 0 Å². The largest absolute Gasteiger partial charge is 0.435 e. The molecule has 3 aromatic rings. The first-order valence-electron chi connectivity index (χ1n) is 6.36. The summed E-state index contributed by atoms with van der Waals surface area (Å²) in [5.41, 5.74) is 0.532. The van der Waals surface area contributed by atoms with Crippen LogP contribution in [0.4, 0.5) is 0 Å². The van der Waals surface area contributed by atoms with E-state index in [9.17, 15) is 4.79 Å².